The summed E-state index contributed by atoms with van der Waals surface area (Å²) in [4.78, 5) is 26.1. The Morgan fingerprint density at radius 1 is 1.17 bits per heavy atom. The molecule has 1 aromatic rings. The summed E-state index contributed by atoms with van der Waals surface area (Å²) >= 11 is 0. The number of carbonyl (C=O) groups excluding carboxylic acids is 2. The van der Waals surface area contributed by atoms with E-state index in [1.807, 2.05) is 12.1 Å². The second kappa shape index (κ2) is 8.57. The van der Waals surface area contributed by atoms with Crippen molar-refractivity contribution >= 4 is 11.9 Å². The van der Waals surface area contributed by atoms with E-state index in [2.05, 4.69) is 0 Å². The molecule has 0 spiro atoms. The number of amides is 1. The second-order valence-corrected chi connectivity index (χ2v) is 5.76. The first-order valence-corrected chi connectivity index (χ1v) is 8.24. The fraction of sp³-hybridized carbons (Fsp3) is 0.556. The highest BCUT2D eigenvalue weighted by atomic mass is 16.5. The maximum atomic E-state index is 12.5. The molecule has 0 aliphatic carbocycles. The van der Waals surface area contributed by atoms with Crippen molar-refractivity contribution in [3.8, 4) is 11.5 Å². The highest BCUT2D eigenvalue weighted by Crippen LogP contribution is 2.26. The average Bonchev–Trinajstić information content (AvgIpc) is 2.62. The van der Waals surface area contributed by atoms with Crippen LogP contribution in [0, 0.1) is 5.92 Å². The van der Waals surface area contributed by atoms with Gasteiger partial charge in [-0.15, -0.1) is 0 Å². The number of esters is 1. The molecule has 0 aromatic heterocycles. The van der Waals surface area contributed by atoms with Crippen LogP contribution < -0.4 is 9.47 Å². The zero-order valence-electron chi connectivity index (χ0n) is 14.5. The van der Waals surface area contributed by atoms with E-state index < -0.39 is 0 Å². The summed E-state index contributed by atoms with van der Waals surface area (Å²) in [6.07, 6.45) is 1.59. The third kappa shape index (κ3) is 4.40. The Bertz CT molecular complexity index is 579. The second-order valence-electron chi connectivity index (χ2n) is 5.76. The molecule has 0 unspecified atom stereocenters. The SMILES string of the molecule is CCOC(=O)C1CCN(C(=O)Cc2ccc(OC)cc2OC)CC1. The molecule has 132 valence electrons. The van der Waals surface area contributed by atoms with Gasteiger partial charge in [-0.3, -0.25) is 9.59 Å². The van der Waals surface area contributed by atoms with Crippen LogP contribution in [-0.2, 0) is 20.7 Å². The van der Waals surface area contributed by atoms with Crippen molar-refractivity contribution in [1.29, 1.82) is 0 Å². The van der Waals surface area contributed by atoms with Crippen molar-refractivity contribution in [2.45, 2.75) is 26.2 Å². The first-order valence-electron chi connectivity index (χ1n) is 8.24. The van der Waals surface area contributed by atoms with Crippen LogP contribution in [0.4, 0.5) is 0 Å². The molecule has 0 bridgehead atoms. The van der Waals surface area contributed by atoms with Gasteiger partial charge >= 0.3 is 5.97 Å². The van der Waals surface area contributed by atoms with Gasteiger partial charge in [0, 0.05) is 24.7 Å². The lowest BCUT2D eigenvalue weighted by molar-refractivity contribution is -0.151. The third-order valence-electron chi connectivity index (χ3n) is 4.30. The summed E-state index contributed by atoms with van der Waals surface area (Å²) in [6.45, 7) is 3.37. The highest BCUT2D eigenvalue weighted by molar-refractivity contribution is 5.80. The van der Waals surface area contributed by atoms with E-state index in [0.717, 1.165) is 5.56 Å². The fourth-order valence-electron chi connectivity index (χ4n) is 2.90. The van der Waals surface area contributed by atoms with Crippen molar-refractivity contribution in [2.24, 2.45) is 5.92 Å². The maximum absolute atomic E-state index is 12.5. The van der Waals surface area contributed by atoms with E-state index in [-0.39, 0.29) is 24.2 Å². The Hall–Kier alpha value is -2.24. The zero-order valence-corrected chi connectivity index (χ0v) is 14.5. The summed E-state index contributed by atoms with van der Waals surface area (Å²) in [7, 11) is 3.17. The lowest BCUT2D eigenvalue weighted by Crippen LogP contribution is -2.41. The number of methoxy groups -OCH3 is 2. The van der Waals surface area contributed by atoms with Crippen molar-refractivity contribution in [2.75, 3.05) is 33.9 Å². The third-order valence-corrected chi connectivity index (χ3v) is 4.30. The largest absolute Gasteiger partial charge is 0.497 e. The van der Waals surface area contributed by atoms with Crippen LogP contribution in [0.25, 0.3) is 0 Å². The van der Waals surface area contributed by atoms with Crippen molar-refractivity contribution in [3.05, 3.63) is 23.8 Å². The van der Waals surface area contributed by atoms with Crippen molar-refractivity contribution in [1.82, 2.24) is 4.90 Å². The summed E-state index contributed by atoms with van der Waals surface area (Å²) in [5.74, 6) is 1.13. The van der Waals surface area contributed by atoms with Crippen LogP contribution in [0.5, 0.6) is 11.5 Å². The quantitative estimate of drug-likeness (QED) is 0.745. The van der Waals surface area contributed by atoms with E-state index in [1.165, 1.54) is 0 Å². The number of hydrogen-bond acceptors (Lipinski definition) is 5. The minimum Gasteiger partial charge on any atom is -0.497 e. The van der Waals surface area contributed by atoms with Crippen LogP contribution in [-0.4, -0.2) is 50.7 Å². The highest BCUT2D eigenvalue weighted by Gasteiger charge is 2.28. The minimum atomic E-state index is -0.151. The molecule has 24 heavy (non-hydrogen) atoms. The lowest BCUT2D eigenvalue weighted by Gasteiger charge is -2.31. The molecule has 0 atom stereocenters. The molecule has 1 aliphatic rings. The molecule has 1 aliphatic heterocycles. The Kier molecular flexibility index (Phi) is 6.46. The van der Waals surface area contributed by atoms with Gasteiger partial charge in [-0.2, -0.15) is 0 Å². The van der Waals surface area contributed by atoms with Crippen LogP contribution in [0.1, 0.15) is 25.3 Å². The summed E-state index contributed by atoms with van der Waals surface area (Å²) in [6, 6.07) is 5.44. The molecule has 1 amide bonds. The summed E-state index contributed by atoms with van der Waals surface area (Å²) in [5.41, 5.74) is 0.829. The molecule has 1 heterocycles. The summed E-state index contributed by atoms with van der Waals surface area (Å²) < 4.78 is 15.6. The number of ether oxygens (including phenoxy) is 3. The number of carbonyl (C=O) groups is 2. The van der Waals surface area contributed by atoms with Gasteiger partial charge in [0.05, 0.1) is 33.2 Å². The number of nitrogens with zero attached hydrogens (tertiary/aromatic N) is 1. The molecule has 0 saturated carbocycles. The van der Waals surface area contributed by atoms with E-state index in [9.17, 15) is 9.59 Å². The van der Waals surface area contributed by atoms with E-state index >= 15 is 0 Å². The van der Waals surface area contributed by atoms with Crippen LogP contribution in [0.2, 0.25) is 0 Å². The van der Waals surface area contributed by atoms with Crippen LogP contribution >= 0.6 is 0 Å². The molecule has 0 radical (unpaired) electrons. The maximum Gasteiger partial charge on any atom is 0.309 e. The molecule has 1 saturated heterocycles. The first kappa shape index (κ1) is 18.1. The molecule has 1 fully saturated rings. The Balaban J connectivity index is 1.93. The van der Waals surface area contributed by atoms with Gasteiger partial charge in [0.15, 0.2) is 0 Å². The predicted molar refractivity (Wildman–Crippen MR) is 89.2 cm³/mol. The van der Waals surface area contributed by atoms with E-state index in [4.69, 9.17) is 14.2 Å². The van der Waals surface area contributed by atoms with Gasteiger partial charge in [-0.05, 0) is 25.8 Å². The number of rotatable bonds is 6. The van der Waals surface area contributed by atoms with Crippen LogP contribution in [0.3, 0.4) is 0 Å². The number of hydrogen-bond donors (Lipinski definition) is 0. The average molecular weight is 335 g/mol. The summed E-state index contributed by atoms with van der Waals surface area (Å²) in [5, 5.41) is 0. The molecular weight excluding hydrogens is 310 g/mol. The van der Waals surface area contributed by atoms with E-state index in [1.54, 1.807) is 32.1 Å². The number of likely N-dealkylation sites (tertiary alicyclic amines) is 1. The molecular formula is C18H25NO5. The van der Waals surface area contributed by atoms with Crippen LogP contribution in [0.15, 0.2) is 18.2 Å². The zero-order chi connectivity index (χ0) is 17.5. The molecule has 0 N–H and O–H groups in total. The van der Waals surface area contributed by atoms with E-state index in [0.29, 0.717) is 44.0 Å². The minimum absolute atomic E-state index is 0.0424. The van der Waals surface area contributed by atoms with Gasteiger partial charge in [-0.25, -0.2) is 0 Å². The molecule has 6 heteroatoms. The fourth-order valence-corrected chi connectivity index (χ4v) is 2.90. The smallest absolute Gasteiger partial charge is 0.309 e. The molecule has 1 aromatic carbocycles. The normalized spacial score (nSPS) is 15.0. The van der Waals surface area contributed by atoms with Gasteiger partial charge in [0.1, 0.15) is 11.5 Å². The monoisotopic (exact) mass is 335 g/mol. The number of piperidine rings is 1. The number of benzene rings is 1. The standard InChI is InChI=1S/C18H25NO5/c1-4-24-18(21)13-7-9-19(10-8-13)17(20)11-14-5-6-15(22-2)12-16(14)23-3/h5-6,12-13H,4,7-11H2,1-3H3. The Morgan fingerprint density at radius 2 is 1.88 bits per heavy atom. The Labute approximate surface area is 142 Å². The predicted octanol–water partition coefficient (Wildman–Crippen LogP) is 2.05. The van der Waals surface area contributed by atoms with Gasteiger partial charge in [-0.1, -0.05) is 6.07 Å². The Morgan fingerprint density at radius 3 is 2.46 bits per heavy atom. The van der Waals surface area contributed by atoms with Crippen molar-refractivity contribution in [3.63, 3.8) is 0 Å². The van der Waals surface area contributed by atoms with Gasteiger partial charge in [0.2, 0.25) is 5.91 Å². The molecule has 2 rings (SSSR count). The molecule has 6 nitrogen and oxygen atoms in total. The topological polar surface area (TPSA) is 65.1 Å². The van der Waals surface area contributed by atoms with Gasteiger partial charge < -0.3 is 19.1 Å². The first-order chi connectivity index (χ1) is 11.6. The lowest BCUT2D eigenvalue weighted by atomic mass is 9.96. The van der Waals surface area contributed by atoms with Crippen molar-refractivity contribution < 1.29 is 23.8 Å². The van der Waals surface area contributed by atoms with Gasteiger partial charge in [0.25, 0.3) is 0 Å².